The SMILES string of the molecule is Cc1cc(C(=O)NCCn2c(=O)[nH]c3ncccc3c2=O)no1. The first-order chi connectivity index (χ1) is 11.1. The highest BCUT2D eigenvalue weighted by atomic mass is 16.5. The van der Waals surface area contributed by atoms with Crippen molar-refractivity contribution in [3.8, 4) is 0 Å². The van der Waals surface area contributed by atoms with E-state index in [0.717, 1.165) is 4.57 Å². The molecule has 0 bridgehead atoms. The van der Waals surface area contributed by atoms with Crippen LogP contribution in [0.25, 0.3) is 11.0 Å². The summed E-state index contributed by atoms with van der Waals surface area (Å²) in [5.74, 6) is 0.0821. The maximum atomic E-state index is 12.3. The molecule has 0 aromatic carbocycles. The minimum Gasteiger partial charge on any atom is -0.361 e. The zero-order chi connectivity index (χ0) is 16.4. The molecule has 0 saturated carbocycles. The number of nitrogens with zero attached hydrogens (tertiary/aromatic N) is 3. The predicted molar refractivity (Wildman–Crippen MR) is 80.2 cm³/mol. The smallest absolute Gasteiger partial charge is 0.330 e. The van der Waals surface area contributed by atoms with Gasteiger partial charge in [0.15, 0.2) is 5.69 Å². The summed E-state index contributed by atoms with van der Waals surface area (Å²) in [6.45, 7) is 1.80. The first-order valence-electron chi connectivity index (χ1n) is 6.85. The molecule has 1 amide bonds. The van der Waals surface area contributed by atoms with Crippen LogP contribution < -0.4 is 16.6 Å². The summed E-state index contributed by atoms with van der Waals surface area (Å²) in [5, 5.41) is 6.47. The molecule has 9 heteroatoms. The lowest BCUT2D eigenvalue weighted by Gasteiger charge is -2.06. The Morgan fingerprint density at radius 2 is 2.26 bits per heavy atom. The van der Waals surface area contributed by atoms with Crippen molar-refractivity contribution in [1.29, 1.82) is 0 Å². The number of pyridine rings is 1. The second-order valence-corrected chi connectivity index (χ2v) is 4.87. The van der Waals surface area contributed by atoms with Gasteiger partial charge in [0.05, 0.1) is 5.39 Å². The van der Waals surface area contributed by atoms with Gasteiger partial charge in [-0.25, -0.2) is 9.78 Å². The fourth-order valence-electron chi connectivity index (χ4n) is 2.13. The number of aromatic amines is 1. The molecule has 3 rings (SSSR count). The van der Waals surface area contributed by atoms with Crippen molar-refractivity contribution < 1.29 is 9.32 Å². The lowest BCUT2D eigenvalue weighted by molar-refractivity contribution is 0.0943. The predicted octanol–water partition coefficient (Wildman–Crippen LogP) is -0.189. The van der Waals surface area contributed by atoms with Crippen LogP contribution in [0.5, 0.6) is 0 Å². The molecule has 3 aromatic rings. The standard InChI is InChI=1S/C14H13N5O4/c1-8-7-10(18-23-8)12(20)16-5-6-19-13(21)9-3-2-4-15-11(9)17-14(19)22/h2-4,7H,5-6H2,1H3,(H,16,20)(H,15,17,22). The van der Waals surface area contributed by atoms with Gasteiger partial charge < -0.3 is 9.84 Å². The zero-order valence-corrected chi connectivity index (χ0v) is 12.2. The van der Waals surface area contributed by atoms with Gasteiger partial charge >= 0.3 is 5.69 Å². The molecule has 0 aliphatic carbocycles. The molecule has 0 fully saturated rings. The summed E-state index contributed by atoms with van der Waals surface area (Å²) in [6, 6.07) is 4.69. The van der Waals surface area contributed by atoms with Gasteiger partial charge in [-0.05, 0) is 19.1 Å². The molecule has 0 unspecified atom stereocenters. The van der Waals surface area contributed by atoms with Crippen molar-refractivity contribution in [3.63, 3.8) is 0 Å². The number of amides is 1. The van der Waals surface area contributed by atoms with Crippen molar-refractivity contribution in [2.45, 2.75) is 13.5 Å². The van der Waals surface area contributed by atoms with Gasteiger partial charge in [0, 0.05) is 25.4 Å². The van der Waals surface area contributed by atoms with Crippen LogP contribution in [0, 0.1) is 6.92 Å². The van der Waals surface area contributed by atoms with Crippen LogP contribution in [-0.4, -0.2) is 32.1 Å². The van der Waals surface area contributed by atoms with Crippen LogP contribution in [0.15, 0.2) is 38.5 Å². The third kappa shape index (κ3) is 2.89. The minimum absolute atomic E-state index is 0.0293. The molecule has 0 atom stereocenters. The molecular weight excluding hydrogens is 302 g/mol. The van der Waals surface area contributed by atoms with Gasteiger partial charge in [-0.2, -0.15) is 0 Å². The summed E-state index contributed by atoms with van der Waals surface area (Å²) < 4.78 is 5.82. The van der Waals surface area contributed by atoms with Crippen molar-refractivity contribution in [2.75, 3.05) is 6.54 Å². The molecule has 118 valence electrons. The monoisotopic (exact) mass is 315 g/mol. The number of aromatic nitrogens is 4. The number of aryl methyl sites for hydroxylation is 1. The van der Waals surface area contributed by atoms with E-state index < -0.39 is 17.2 Å². The largest absolute Gasteiger partial charge is 0.361 e. The summed E-state index contributed by atoms with van der Waals surface area (Å²) in [7, 11) is 0. The van der Waals surface area contributed by atoms with E-state index in [1.54, 1.807) is 19.1 Å². The molecule has 2 N–H and O–H groups in total. The summed E-state index contributed by atoms with van der Waals surface area (Å²) >= 11 is 0. The van der Waals surface area contributed by atoms with Gasteiger partial charge in [-0.3, -0.25) is 19.1 Å². The van der Waals surface area contributed by atoms with E-state index in [2.05, 4.69) is 20.4 Å². The van der Waals surface area contributed by atoms with Crippen LogP contribution in [0.4, 0.5) is 0 Å². The number of fused-ring (bicyclic) bond motifs is 1. The first kappa shape index (κ1) is 14.7. The average Bonchev–Trinajstić information content (AvgIpc) is 2.97. The minimum atomic E-state index is -0.576. The van der Waals surface area contributed by atoms with Crippen LogP contribution in [0.1, 0.15) is 16.2 Å². The highest BCUT2D eigenvalue weighted by Gasteiger charge is 2.11. The zero-order valence-electron chi connectivity index (χ0n) is 12.2. The molecule has 9 nitrogen and oxygen atoms in total. The molecule has 0 aliphatic rings. The second kappa shape index (κ2) is 5.87. The van der Waals surface area contributed by atoms with E-state index in [1.807, 2.05) is 0 Å². The van der Waals surface area contributed by atoms with E-state index in [0.29, 0.717) is 11.1 Å². The number of hydrogen-bond acceptors (Lipinski definition) is 6. The van der Waals surface area contributed by atoms with E-state index in [1.165, 1.54) is 12.3 Å². The topological polar surface area (TPSA) is 123 Å². The molecule has 0 spiro atoms. The van der Waals surface area contributed by atoms with Crippen LogP contribution in [-0.2, 0) is 6.54 Å². The number of H-pyrrole nitrogens is 1. The number of carbonyl (C=O) groups excluding carboxylic acids is 1. The van der Waals surface area contributed by atoms with Gasteiger partial charge in [0.25, 0.3) is 11.5 Å². The Morgan fingerprint density at radius 3 is 3.00 bits per heavy atom. The second-order valence-electron chi connectivity index (χ2n) is 4.87. The third-order valence-electron chi connectivity index (χ3n) is 3.24. The van der Waals surface area contributed by atoms with Gasteiger partial charge in [-0.15, -0.1) is 0 Å². The Bertz CT molecular complexity index is 984. The van der Waals surface area contributed by atoms with Gasteiger partial charge in [-0.1, -0.05) is 5.16 Å². The van der Waals surface area contributed by atoms with E-state index in [-0.39, 0.29) is 24.4 Å². The summed E-state index contributed by atoms with van der Waals surface area (Å²) in [4.78, 5) is 42.5. The van der Waals surface area contributed by atoms with Crippen LogP contribution >= 0.6 is 0 Å². The molecular formula is C14H13N5O4. The quantitative estimate of drug-likeness (QED) is 0.688. The lowest BCUT2D eigenvalue weighted by Crippen LogP contribution is -2.39. The number of hydrogen-bond donors (Lipinski definition) is 2. The first-order valence-corrected chi connectivity index (χ1v) is 6.85. The molecule has 0 radical (unpaired) electrons. The van der Waals surface area contributed by atoms with Crippen molar-refractivity contribution in [2.24, 2.45) is 0 Å². The van der Waals surface area contributed by atoms with E-state index in [9.17, 15) is 14.4 Å². The molecule has 0 saturated heterocycles. The van der Waals surface area contributed by atoms with Crippen molar-refractivity contribution >= 4 is 16.9 Å². The molecule has 23 heavy (non-hydrogen) atoms. The number of rotatable bonds is 4. The third-order valence-corrected chi connectivity index (χ3v) is 3.24. The number of nitrogens with one attached hydrogen (secondary N) is 2. The molecule has 3 aromatic heterocycles. The Morgan fingerprint density at radius 1 is 1.43 bits per heavy atom. The van der Waals surface area contributed by atoms with Gasteiger partial charge in [0.2, 0.25) is 0 Å². The van der Waals surface area contributed by atoms with Crippen molar-refractivity contribution in [3.05, 3.63) is 56.7 Å². The molecule has 0 aliphatic heterocycles. The summed E-state index contributed by atoms with van der Waals surface area (Å²) in [5.41, 5.74) is -0.650. The Kier molecular flexibility index (Phi) is 3.75. The van der Waals surface area contributed by atoms with Crippen LogP contribution in [0.2, 0.25) is 0 Å². The highest BCUT2D eigenvalue weighted by molar-refractivity contribution is 5.92. The highest BCUT2D eigenvalue weighted by Crippen LogP contribution is 2.01. The van der Waals surface area contributed by atoms with Crippen LogP contribution in [0.3, 0.4) is 0 Å². The molecule has 3 heterocycles. The normalized spacial score (nSPS) is 10.8. The summed E-state index contributed by atoms with van der Waals surface area (Å²) in [6.07, 6.45) is 1.49. The number of carbonyl (C=O) groups is 1. The average molecular weight is 315 g/mol. The van der Waals surface area contributed by atoms with Crippen molar-refractivity contribution in [1.82, 2.24) is 25.0 Å². The van der Waals surface area contributed by atoms with E-state index >= 15 is 0 Å². The Balaban J connectivity index is 1.76. The maximum Gasteiger partial charge on any atom is 0.330 e. The Hall–Kier alpha value is -3.23. The van der Waals surface area contributed by atoms with Gasteiger partial charge in [0.1, 0.15) is 11.4 Å². The fraction of sp³-hybridized carbons (Fsp3) is 0.214. The lowest BCUT2D eigenvalue weighted by atomic mass is 10.3. The maximum absolute atomic E-state index is 12.3. The van der Waals surface area contributed by atoms with E-state index in [4.69, 9.17) is 4.52 Å². The Labute approximate surface area is 128 Å². The fourth-order valence-corrected chi connectivity index (χ4v) is 2.13.